The minimum absolute atomic E-state index is 0.136. The van der Waals surface area contributed by atoms with Gasteiger partial charge in [-0.1, -0.05) is 24.3 Å². The Hall–Kier alpha value is -4.27. The number of nitrogens with zero attached hydrogens (tertiary/aromatic N) is 1. The molecule has 1 aliphatic rings. The zero-order valence-electron chi connectivity index (χ0n) is 21.8. The largest absolute Gasteiger partial charge is 0.497 e. The molecule has 1 fully saturated rings. The summed E-state index contributed by atoms with van der Waals surface area (Å²) in [6.07, 6.45) is 0.545. The number of amides is 2. The van der Waals surface area contributed by atoms with E-state index in [1.807, 2.05) is 12.1 Å². The summed E-state index contributed by atoms with van der Waals surface area (Å²) < 4.78 is 35.1. The molecular formula is C29H31FN2O6. The third kappa shape index (κ3) is 5.51. The molecular weight excluding hydrogens is 491 g/mol. The topological polar surface area (TPSA) is 86.3 Å². The van der Waals surface area contributed by atoms with Crippen LogP contribution in [0.3, 0.4) is 0 Å². The summed E-state index contributed by atoms with van der Waals surface area (Å²) >= 11 is 0. The van der Waals surface area contributed by atoms with Gasteiger partial charge in [-0.25, -0.2) is 4.39 Å². The normalized spacial score (nSPS) is 17.1. The molecule has 1 heterocycles. The van der Waals surface area contributed by atoms with Gasteiger partial charge in [-0.15, -0.1) is 0 Å². The number of anilines is 1. The van der Waals surface area contributed by atoms with Gasteiger partial charge in [-0.2, -0.15) is 0 Å². The maximum Gasteiger partial charge on any atom is 0.227 e. The van der Waals surface area contributed by atoms with E-state index in [2.05, 4.69) is 5.32 Å². The molecule has 1 saturated heterocycles. The molecule has 0 unspecified atom stereocenters. The molecule has 1 aliphatic heterocycles. The van der Waals surface area contributed by atoms with E-state index in [4.69, 9.17) is 18.9 Å². The summed E-state index contributed by atoms with van der Waals surface area (Å²) in [6, 6.07) is 16.1. The first-order valence-corrected chi connectivity index (χ1v) is 12.2. The highest BCUT2D eigenvalue weighted by Crippen LogP contribution is 2.46. The van der Waals surface area contributed by atoms with Crippen LogP contribution in [0.15, 0.2) is 60.7 Å². The van der Waals surface area contributed by atoms with Crippen molar-refractivity contribution in [1.82, 2.24) is 5.32 Å². The number of nitrogens with one attached hydrogen (secondary N) is 1. The highest BCUT2D eigenvalue weighted by Gasteiger charge is 2.42. The SMILES string of the molecule is COc1ccc([C@H]2[C@H](C(=O)NCc3ccc(F)cc3)CCC(=O)N2c2cc(OC)c(OC)c(OC)c2)cc1. The van der Waals surface area contributed by atoms with Crippen molar-refractivity contribution in [2.45, 2.75) is 25.4 Å². The number of rotatable bonds is 9. The molecule has 9 heteroatoms. The maximum absolute atomic E-state index is 13.6. The van der Waals surface area contributed by atoms with Crippen molar-refractivity contribution in [3.8, 4) is 23.0 Å². The van der Waals surface area contributed by atoms with E-state index in [-0.39, 0.29) is 30.6 Å². The van der Waals surface area contributed by atoms with Crippen molar-refractivity contribution in [2.75, 3.05) is 33.3 Å². The second-order valence-corrected chi connectivity index (χ2v) is 8.85. The molecule has 8 nitrogen and oxygen atoms in total. The van der Waals surface area contributed by atoms with Gasteiger partial charge in [0, 0.05) is 25.1 Å². The van der Waals surface area contributed by atoms with Crippen LogP contribution in [0.25, 0.3) is 0 Å². The lowest BCUT2D eigenvalue weighted by molar-refractivity contribution is -0.129. The van der Waals surface area contributed by atoms with E-state index in [1.165, 1.54) is 33.5 Å². The van der Waals surface area contributed by atoms with Gasteiger partial charge in [0.25, 0.3) is 0 Å². The Morgan fingerprint density at radius 2 is 1.55 bits per heavy atom. The molecule has 200 valence electrons. The summed E-state index contributed by atoms with van der Waals surface area (Å²) in [5.74, 6) is 0.609. The van der Waals surface area contributed by atoms with E-state index in [0.29, 0.717) is 35.1 Å². The molecule has 0 bridgehead atoms. The third-order valence-electron chi connectivity index (χ3n) is 6.70. The summed E-state index contributed by atoms with van der Waals surface area (Å²) in [4.78, 5) is 28.6. The van der Waals surface area contributed by atoms with Crippen LogP contribution < -0.4 is 29.2 Å². The lowest BCUT2D eigenvalue weighted by Gasteiger charge is -2.41. The average Bonchev–Trinajstić information content (AvgIpc) is 2.95. The number of hydrogen-bond acceptors (Lipinski definition) is 6. The van der Waals surface area contributed by atoms with Gasteiger partial charge in [0.15, 0.2) is 11.5 Å². The molecule has 2 atom stereocenters. The van der Waals surface area contributed by atoms with Gasteiger partial charge < -0.3 is 29.2 Å². The molecule has 0 saturated carbocycles. The first-order valence-electron chi connectivity index (χ1n) is 12.2. The van der Waals surface area contributed by atoms with Crippen molar-refractivity contribution < 1.29 is 32.9 Å². The first kappa shape index (κ1) is 26.8. The van der Waals surface area contributed by atoms with Crippen LogP contribution >= 0.6 is 0 Å². The molecule has 0 aromatic heterocycles. The van der Waals surface area contributed by atoms with E-state index >= 15 is 0 Å². The van der Waals surface area contributed by atoms with Crippen LogP contribution in [0.1, 0.15) is 30.0 Å². The van der Waals surface area contributed by atoms with Crippen LogP contribution in [0, 0.1) is 11.7 Å². The lowest BCUT2D eigenvalue weighted by Crippen LogP contribution is -2.48. The molecule has 0 aliphatic carbocycles. The first-order chi connectivity index (χ1) is 18.4. The Labute approximate surface area is 221 Å². The quantitative estimate of drug-likeness (QED) is 0.440. The fourth-order valence-electron chi connectivity index (χ4n) is 4.78. The molecule has 38 heavy (non-hydrogen) atoms. The zero-order valence-corrected chi connectivity index (χ0v) is 21.8. The molecule has 3 aromatic carbocycles. The molecule has 3 aromatic rings. The predicted octanol–water partition coefficient (Wildman–Crippen LogP) is 4.66. The fourth-order valence-corrected chi connectivity index (χ4v) is 4.78. The number of carbonyl (C=O) groups excluding carboxylic acids is 2. The van der Waals surface area contributed by atoms with E-state index in [1.54, 1.807) is 48.4 Å². The predicted molar refractivity (Wildman–Crippen MR) is 140 cm³/mol. The van der Waals surface area contributed by atoms with Crippen LogP contribution in [0.2, 0.25) is 0 Å². The van der Waals surface area contributed by atoms with Gasteiger partial charge in [0.05, 0.1) is 46.1 Å². The number of ether oxygens (including phenoxy) is 4. The minimum atomic E-state index is -0.613. The van der Waals surface area contributed by atoms with Crippen molar-refractivity contribution in [3.63, 3.8) is 0 Å². The smallest absolute Gasteiger partial charge is 0.227 e. The minimum Gasteiger partial charge on any atom is -0.497 e. The summed E-state index contributed by atoms with van der Waals surface area (Å²) in [7, 11) is 6.10. The Morgan fingerprint density at radius 1 is 0.921 bits per heavy atom. The van der Waals surface area contributed by atoms with Gasteiger partial charge in [-0.05, 0) is 41.8 Å². The second kappa shape index (κ2) is 11.9. The number of carbonyl (C=O) groups is 2. The van der Waals surface area contributed by atoms with E-state index in [9.17, 15) is 14.0 Å². The van der Waals surface area contributed by atoms with Crippen molar-refractivity contribution >= 4 is 17.5 Å². The third-order valence-corrected chi connectivity index (χ3v) is 6.70. The molecule has 0 spiro atoms. The van der Waals surface area contributed by atoms with Gasteiger partial charge in [-0.3, -0.25) is 9.59 Å². The van der Waals surface area contributed by atoms with Crippen LogP contribution in [-0.4, -0.2) is 40.3 Å². The summed E-state index contributed by atoms with van der Waals surface area (Å²) in [6.45, 7) is 0.239. The Morgan fingerprint density at radius 3 is 2.11 bits per heavy atom. The Balaban J connectivity index is 1.75. The Kier molecular flexibility index (Phi) is 8.35. The van der Waals surface area contributed by atoms with Crippen molar-refractivity contribution in [3.05, 3.63) is 77.6 Å². The molecule has 4 rings (SSSR count). The van der Waals surface area contributed by atoms with Crippen molar-refractivity contribution in [2.24, 2.45) is 5.92 Å². The number of halogens is 1. The van der Waals surface area contributed by atoms with E-state index in [0.717, 1.165) is 11.1 Å². The molecule has 1 N–H and O–H groups in total. The monoisotopic (exact) mass is 522 g/mol. The Bertz CT molecular complexity index is 1250. The maximum atomic E-state index is 13.6. The van der Waals surface area contributed by atoms with Gasteiger partial charge in [0.2, 0.25) is 17.6 Å². The van der Waals surface area contributed by atoms with Crippen LogP contribution in [0.5, 0.6) is 23.0 Å². The van der Waals surface area contributed by atoms with Crippen LogP contribution in [0.4, 0.5) is 10.1 Å². The fraction of sp³-hybridized carbons (Fsp3) is 0.310. The molecule has 0 radical (unpaired) electrons. The number of piperidine rings is 1. The van der Waals surface area contributed by atoms with E-state index < -0.39 is 12.0 Å². The summed E-state index contributed by atoms with van der Waals surface area (Å²) in [5, 5.41) is 2.97. The standard InChI is InChI=1S/C29H31FN2O6/c1-35-22-11-7-19(8-12-22)27-23(29(34)31-17-18-5-9-20(30)10-6-18)13-14-26(33)32(27)21-15-24(36-2)28(38-4)25(16-21)37-3/h5-12,15-16,23,27H,13-14,17H2,1-4H3,(H,31,34)/t23-,27+/m1/s1. The second-order valence-electron chi connectivity index (χ2n) is 8.85. The van der Waals surface area contributed by atoms with Gasteiger partial charge in [0.1, 0.15) is 11.6 Å². The lowest BCUT2D eigenvalue weighted by atomic mass is 9.83. The highest BCUT2D eigenvalue weighted by molar-refractivity contribution is 5.98. The van der Waals surface area contributed by atoms with Crippen molar-refractivity contribution in [1.29, 1.82) is 0 Å². The average molecular weight is 523 g/mol. The van der Waals surface area contributed by atoms with Gasteiger partial charge >= 0.3 is 0 Å². The number of methoxy groups -OCH3 is 4. The van der Waals surface area contributed by atoms with Crippen LogP contribution in [-0.2, 0) is 16.1 Å². The highest BCUT2D eigenvalue weighted by atomic mass is 19.1. The summed E-state index contributed by atoms with van der Waals surface area (Å²) in [5.41, 5.74) is 2.06. The number of hydrogen-bond donors (Lipinski definition) is 1. The molecule has 2 amide bonds. The zero-order chi connectivity index (χ0) is 27.2. The number of benzene rings is 3.